The molecule has 1 aromatic heterocycles. The fraction of sp³-hybridized carbons (Fsp3) is 0.500. The first-order chi connectivity index (χ1) is 19.5. The summed E-state index contributed by atoms with van der Waals surface area (Å²) in [6.45, 7) is 7.25. The van der Waals surface area contributed by atoms with Crippen LogP contribution in [0.15, 0.2) is 53.4 Å². The summed E-state index contributed by atoms with van der Waals surface area (Å²) >= 11 is 1.68. The summed E-state index contributed by atoms with van der Waals surface area (Å²) in [6.07, 6.45) is 15.5. The summed E-state index contributed by atoms with van der Waals surface area (Å²) < 4.78 is 8.15. The minimum absolute atomic E-state index is 0. The molecule has 1 amide bonds. The zero-order chi connectivity index (χ0) is 28.6. The largest absolute Gasteiger partial charge is 1.00 e. The number of nitrogens with one attached hydrogen (secondary N) is 1. The lowest BCUT2D eigenvalue weighted by atomic mass is 10.1. The molecule has 2 aromatic carbocycles. The Hall–Kier alpha value is -2.51. The van der Waals surface area contributed by atoms with Gasteiger partial charge in [0.2, 0.25) is 5.51 Å². The molecule has 0 atom stereocenters. The number of hydrogen-bond acceptors (Lipinski definition) is 4. The van der Waals surface area contributed by atoms with Crippen LogP contribution in [-0.4, -0.2) is 18.3 Å². The molecule has 0 spiro atoms. The highest BCUT2D eigenvalue weighted by Gasteiger charge is 2.15. The third-order valence-electron chi connectivity index (χ3n) is 7.32. The molecule has 0 bridgehead atoms. The predicted octanol–water partition coefficient (Wildman–Crippen LogP) is 5.93. The van der Waals surface area contributed by atoms with Crippen LogP contribution in [0.25, 0.3) is 0 Å². The van der Waals surface area contributed by atoms with Gasteiger partial charge in [0.25, 0.3) is 5.91 Å². The number of carbonyl (C=O) groups excluding carboxylic acids is 2. The molecule has 0 aliphatic carbocycles. The maximum atomic E-state index is 12.9. The van der Waals surface area contributed by atoms with Crippen LogP contribution in [0.2, 0.25) is 0 Å². The SMILES string of the molecule is CCCCCCCCCCCCCCOc1ccc(C(=O)Nc2ccc(C[n+]3cscc3C)cc2)cc1C(C)=O.[Br-]. The number of aromatic nitrogens is 1. The van der Waals surface area contributed by atoms with Gasteiger partial charge < -0.3 is 27.0 Å². The molecule has 3 aromatic rings. The molecule has 1 heterocycles. The van der Waals surface area contributed by atoms with Crippen molar-refractivity contribution in [3.05, 3.63) is 75.7 Å². The molecule has 41 heavy (non-hydrogen) atoms. The quantitative estimate of drug-likeness (QED) is 0.100. The van der Waals surface area contributed by atoms with Crippen LogP contribution in [0, 0.1) is 6.92 Å². The van der Waals surface area contributed by atoms with Crippen LogP contribution in [0.5, 0.6) is 5.75 Å². The molecule has 5 nitrogen and oxygen atoms in total. The van der Waals surface area contributed by atoms with Crippen molar-refractivity contribution >= 4 is 28.7 Å². The van der Waals surface area contributed by atoms with E-state index >= 15 is 0 Å². The molecule has 224 valence electrons. The molecule has 0 saturated heterocycles. The van der Waals surface area contributed by atoms with Crippen molar-refractivity contribution in [2.75, 3.05) is 11.9 Å². The molecule has 0 unspecified atom stereocenters. The Kier molecular flexibility index (Phi) is 16.6. The third kappa shape index (κ3) is 12.5. The summed E-state index contributed by atoms with van der Waals surface area (Å²) in [7, 11) is 0. The van der Waals surface area contributed by atoms with Gasteiger partial charge in [0.1, 0.15) is 5.75 Å². The Morgan fingerprint density at radius 1 is 0.854 bits per heavy atom. The van der Waals surface area contributed by atoms with E-state index in [1.165, 1.54) is 76.8 Å². The number of ketones is 1. The molecule has 0 aliphatic heterocycles. The van der Waals surface area contributed by atoms with Crippen molar-refractivity contribution in [3.8, 4) is 5.75 Å². The van der Waals surface area contributed by atoms with E-state index in [0.717, 1.165) is 30.6 Å². The smallest absolute Gasteiger partial charge is 0.255 e. The number of unbranched alkanes of at least 4 members (excludes halogenated alkanes) is 11. The van der Waals surface area contributed by atoms with Gasteiger partial charge in [-0.25, -0.2) is 0 Å². The topological polar surface area (TPSA) is 59.3 Å². The maximum Gasteiger partial charge on any atom is 0.255 e. The Balaban J connectivity index is 0.00000588. The molecule has 0 radical (unpaired) electrons. The van der Waals surface area contributed by atoms with Crippen molar-refractivity contribution in [1.29, 1.82) is 0 Å². The summed E-state index contributed by atoms with van der Waals surface area (Å²) in [5.41, 5.74) is 6.10. The molecule has 0 aliphatic rings. The first-order valence-corrected chi connectivity index (χ1v) is 16.0. The van der Waals surface area contributed by atoms with Gasteiger partial charge in [-0.3, -0.25) is 9.59 Å². The van der Waals surface area contributed by atoms with Gasteiger partial charge in [-0.15, -0.1) is 0 Å². The molecule has 0 fully saturated rings. The molecule has 0 saturated carbocycles. The van der Waals surface area contributed by atoms with Gasteiger partial charge in [0.15, 0.2) is 18.0 Å². The zero-order valence-corrected chi connectivity index (χ0v) is 27.5. The van der Waals surface area contributed by atoms with Gasteiger partial charge >= 0.3 is 0 Å². The van der Waals surface area contributed by atoms with Crippen LogP contribution in [0.4, 0.5) is 5.69 Å². The Bertz CT molecular complexity index is 1190. The van der Waals surface area contributed by atoms with Crippen LogP contribution >= 0.6 is 11.3 Å². The van der Waals surface area contributed by atoms with E-state index in [2.05, 4.69) is 34.6 Å². The van der Waals surface area contributed by atoms with Gasteiger partial charge in [-0.2, -0.15) is 4.57 Å². The summed E-state index contributed by atoms with van der Waals surface area (Å²) in [6, 6.07) is 13.0. The second kappa shape index (κ2) is 19.6. The first kappa shape index (κ1) is 34.7. The number of aryl methyl sites for hydroxylation is 1. The highest BCUT2D eigenvalue weighted by Crippen LogP contribution is 2.23. The maximum absolute atomic E-state index is 12.9. The van der Waals surface area contributed by atoms with Crippen LogP contribution < -0.4 is 31.6 Å². The van der Waals surface area contributed by atoms with E-state index in [9.17, 15) is 9.59 Å². The van der Waals surface area contributed by atoms with E-state index in [1.807, 2.05) is 24.3 Å². The lowest BCUT2D eigenvalue weighted by Gasteiger charge is -2.12. The second-order valence-electron chi connectivity index (χ2n) is 10.8. The number of ether oxygens (including phenoxy) is 1. The van der Waals surface area contributed by atoms with Crippen LogP contribution in [0.3, 0.4) is 0 Å². The number of rotatable bonds is 19. The van der Waals surface area contributed by atoms with Gasteiger partial charge in [-0.1, -0.05) is 101 Å². The van der Waals surface area contributed by atoms with Crippen LogP contribution in [0.1, 0.15) is 123 Å². The molecular weight excluding hydrogens is 596 g/mol. The standard InChI is InChI=1S/C34H46N2O3S.BrH/c1-4-5-6-7-8-9-10-11-12-13-14-15-22-39-33-21-18-30(23-32(33)28(3)37)34(38)35-31-19-16-29(17-20-31)24-36-26-40-25-27(36)2;/h16-21,23,25-26H,4-15,22,24H2,1-3H3;1H. The van der Waals surface area contributed by atoms with E-state index in [0.29, 0.717) is 23.5 Å². The number of hydrogen-bond donors (Lipinski definition) is 1. The zero-order valence-electron chi connectivity index (χ0n) is 25.1. The van der Waals surface area contributed by atoms with E-state index < -0.39 is 0 Å². The number of carbonyl (C=O) groups is 2. The monoisotopic (exact) mass is 642 g/mol. The number of benzene rings is 2. The number of amides is 1. The van der Waals surface area contributed by atoms with Crippen molar-refractivity contribution in [1.82, 2.24) is 0 Å². The molecular formula is C34H47BrN2O3S. The van der Waals surface area contributed by atoms with E-state index in [1.54, 1.807) is 29.5 Å². The summed E-state index contributed by atoms with van der Waals surface area (Å²) in [5.74, 6) is 0.202. The second-order valence-corrected chi connectivity index (χ2v) is 11.5. The van der Waals surface area contributed by atoms with Crippen molar-refractivity contribution in [2.45, 2.75) is 104 Å². The predicted molar refractivity (Wildman–Crippen MR) is 166 cm³/mol. The van der Waals surface area contributed by atoms with Gasteiger partial charge in [-0.05, 0) is 43.7 Å². The normalized spacial score (nSPS) is 10.7. The number of Topliss-reactive ketones (excluding diaryl/α,β-unsaturated/α-hetero) is 1. The Morgan fingerprint density at radius 2 is 1.46 bits per heavy atom. The highest BCUT2D eigenvalue weighted by molar-refractivity contribution is 7.07. The minimum atomic E-state index is -0.245. The van der Waals surface area contributed by atoms with Crippen molar-refractivity contribution < 1.29 is 35.9 Å². The third-order valence-corrected chi connectivity index (χ3v) is 8.17. The lowest BCUT2D eigenvalue weighted by Crippen LogP contribution is -3.00. The molecule has 7 heteroatoms. The van der Waals surface area contributed by atoms with E-state index in [4.69, 9.17) is 4.74 Å². The van der Waals surface area contributed by atoms with Gasteiger partial charge in [0.05, 0.1) is 17.6 Å². The van der Waals surface area contributed by atoms with Crippen molar-refractivity contribution in [2.24, 2.45) is 0 Å². The van der Waals surface area contributed by atoms with Gasteiger partial charge in [0, 0.05) is 23.7 Å². The minimum Gasteiger partial charge on any atom is -1.00 e. The highest BCUT2D eigenvalue weighted by atomic mass is 79.9. The fourth-order valence-corrected chi connectivity index (χ4v) is 5.59. The number of nitrogens with zero attached hydrogens (tertiary/aromatic N) is 1. The summed E-state index contributed by atoms with van der Waals surface area (Å²) in [4.78, 5) is 25.2. The summed E-state index contributed by atoms with van der Waals surface area (Å²) in [5, 5.41) is 5.07. The van der Waals surface area contributed by atoms with E-state index in [-0.39, 0.29) is 28.7 Å². The Morgan fingerprint density at radius 3 is 2.02 bits per heavy atom. The van der Waals surface area contributed by atoms with Crippen LogP contribution in [-0.2, 0) is 6.54 Å². The van der Waals surface area contributed by atoms with Crippen molar-refractivity contribution in [3.63, 3.8) is 0 Å². The Labute approximate surface area is 261 Å². The fourth-order valence-electron chi connectivity index (χ4n) is 4.81. The lowest BCUT2D eigenvalue weighted by molar-refractivity contribution is -0.689. The average Bonchev–Trinajstić information content (AvgIpc) is 3.36. The number of halogens is 1. The molecule has 1 N–H and O–H groups in total. The number of thiazole rings is 1. The average molecular weight is 644 g/mol. The first-order valence-electron chi connectivity index (χ1n) is 15.1. The molecule has 3 rings (SSSR count). The number of anilines is 1.